The lowest BCUT2D eigenvalue weighted by molar-refractivity contribution is 0.959. The molecule has 0 fully saturated rings. The first-order valence-electron chi connectivity index (χ1n) is 7.72. The summed E-state index contributed by atoms with van der Waals surface area (Å²) in [5.41, 5.74) is 12.3. The number of hydrogen-bond acceptors (Lipinski definition) is 4. The standard InChI is InChI=1S/C15H26N6/c1-4-9-17-12-7-8-13(20-21-16)15(19-11-6-3)14(12)18-10-5-2/h7-8,17-19H,4-6,9-11H2,1-3H3. The first-order chi connectivity index (χ1) is 10.3. The van der Waals surface area contributed by atoms with Crippen molar-refractivity contribution in [2.75, 3.05) is 35.6 Å². The van der Waals surface area contributed by atoms with Gasteiger partial charge in [0, 0.05) is 24.5 Å². The Labute approximate surface area is 126 Å². The number of anilines is 3. The van der Waals surface area contributed by atoms with Gasteiger partial charge in [0.1, 0.15) is 0 Å². The maximum Gasteiger partial charge on any atom is 0.0816 e. The minimum Gasteiger partial charge on any atom is -0.383 e. The van der Waals surface area contributed by atoms with E-state index in [1.54, 1.807) is 0 Å². The Kier molecular flexibility index (Phi) is 7.90. The molecule has 0 aromatic heterocycles. The fraction of sp³-hybridized carbons (Fsp3) is 0.600. The quantitative estimate of drug-likeness (QED) is 0.318. The van der Waals surface area contributed by atoms with Gasteiger partial charge in [-0.2, -0.15) is 0 Å². The average molecular weight is 290 g/mol. The van der Waals surface area contributed by atoms with Crippen LogP contribution in [0.5, 0.6) is 0 Å². The molecule has 0 aliphatic rings. The lowest BCUT2D eigenvalue weighted by Crippen LogP contribution is -2.10. The average Bonchev–Trinajstić information content (AvgIpc) is 2.50. The highest BCUT2D eigenvalue weighted by molar-refractivity contribution is 5.90. The Morgan fingerprint density at radius 1 is 0.905 bits per heavy atom. The predicted octanol–water partition coefficient (Wildman–Crippen LogP) is 5.09. The molecule has 0 saturated carbocycles. The second-order valence-electron chi connectivity index (χ2n) is 4.85. The van der Waals surface area contributed by atoms with Crippen LogP contribution >= 0.6 is 0 Å². The number of azide groups is 1. The van der Waals surface area contributed by atoms with Gasteiger partial charge in [0.15, 0.2) is 0 Å². The highest BCUT2D eigenvalue weighted by Gasteiger charge is 2.12. The van der Waals surface area contributed by atoms with Crippen LogP contribution in [0.1, 0.15) is 40.0 Å². The Bertz CT molecular complexity index is 479. The number of nitrogens with one attached hydrogen (secondary N) is 3. The number of rotatable bonds is 10. The van der Waals surface area contributed by atoms with Crippen LogP contribution in [0, 0.1) is 0 Å². The normalized spacial score (nSPS) is 9.86. The van der Waals surface area contributed by atoms with E-state index >= 15 is 0 Å². The second kappa shape index (κ2) is 9.77. The van der Waals surface area contributed by atoms with Gasteiger partial charge in [-0.25, -0.2) is 0 Å². The van der Waals surface area contributed by atoms with Crippen LogP contribution in [0.25, 0.3) is 10.4 Å². The van der Waals surface area contributed by atoms with Crippen molar-refractivity contribution in [3.8, 4) is 0 Å². The van der Waals surface area contributed by atoms with E-state index in [-0.39, 0.29) is 0 Å². The summed E-state index contributed by atoms with van der Waals surface area (Å²) < 4.78 is 0. The van der Waals surface area contributed by atoms with Crippen LogP contribution in [0.3, 0.4) is 0 Å². The van der Waals surface area contributed by atoms with Crippen molar-refractivity contribution in [3.63, 3.8) is 0 Å². The minimum absolute atomic E-state index is 0.631. The van der Waals surface area contributed by atoms with Gasteiger partial charge in [0.25, 0.3) is 0 Å². The third-order valence-corrected chi connectivity index (χ3v) is 3.00. The monoisotopic (exact) mass is 290 g/mol. The number of nitrogens with zero attached hydrogens (tertiary/aromatic N) is 3. The van der Waals surface area contributed by atoms with Crippen LogP contribution in [-0.2, 0) is 0 Å². The van der Waals surface area contributed by atoms with Crippen LogP contribution in [0.4, 0.5) is 22.7 Å². The molecule has 0 bridgehead atoms. The number of benzene rings is 1. The predicted molar refractivity (Wildman–Crippen MR) is 91.6 cm³/mol. The van der Waals surface area contributed by atoms with Gasteiger partial charge in [-0.15, -0.1) is 0 Å². The molecule has 0 radical (unpaired) electrons. The van der Waals surface area contributed by atoms with Crippen LogP contribution in [0.2, 0.25) is 0 Å². The highest BCUT2D eigenvalue weighted by atomic mass is 15.1. The lowest BCUT2D eigenvalue weighted by Gasteiger charge is -2.20. The minimum atomic E-state index is 0.631. The van der Waals surface area contributed by atoms with E-state index in [0.29, 0.717) is 5.69 Å². The Morgan fingerprint density at radius 3 is 2.05 bits per heavy atom. The molecule has 1 aromatic carbocycles. The van der Waals surface area contributed by atoms with Crippen molar-refractivity contribution in [2.24, 2.45) is 5.11 Å². The summed E-state index contributed by atoms with van der Waals surface area (Å²) >= 11 is 0. The third kappa shape index (κ3) is 5.08. The van der Waals surface area contributed by atoms with E-state index in [1.807, 2.05) is 12.1 Å². The molecule has 3 N–H and O–H groups in total. The highest BCUT2D eigenvalue weighted by Crippen LogP contribution is 2.39. The van der Waals surface area contributed by atoms with E-state index < -0.39 is 0 Å². The first-order valence-corrected chi connectivity index (χ1v) is 7.72. The largest absolute Gasteiger partial charge is 0.383 e. The maximum absolute atomic E-state index is 8.74. The van der Waals surface area contributed by atoms with Crippen LogP contribution in [0.15, 0.2) is 17.2 Å². The van der Waals surface area contributed by atoms with E-state index in [1.165, 1.54) is 0 Å². The molecule has 6 heteroatoms. The molecule has 1 aromatic rings. The summed E-state index contributed by atoms with van der Waals surface area (Å²) in [5, 5.41) is 14.0. The zero-order chi connectivity index (χ0) is 15.5. The molecule has 0 aliphatic carbocycles. The molecule has 116 valence electrons. The SMILES string of the molecule is CCCNc1ccc(N=[N+]=[N-])c(NCCC)c1NCCC. The van der Waals surface area contributed by atoms with Crippen LogP contribution < -0.4 is 16.0 Å². The van der Waals surface area contributed by atoms with E-state index in [2.05, 4.69) is 46.7 Å². The van der Waals surface area contributed by atoms with Crippen molar-refractivity contribution in [3.05, 3.63) is 22.6 Å². The fourth-order valence-corrected chi connectivity index (χ4v) is 1.99. The lowest BCUT2D eigenvalue weighted by atomic mass is 10.1. The maximum atomic E-state index is 8.74. The molecule has 21 heavy (non-hydrogen) atoms. The molecule has 6 nitrogen and oxygen atoms in total. The molecule has 0 spiro atoms. The molecule has 0 saturated heterocycles. The smallest absolute Gasteiger partial charge is 0.0816 e. The van der Waals surface area contributed by atoms with Gasteiger partial charge >= 0.3 is 0 Å². The van der Waals surface area contributed by atoms with E-state index in [9.17, 15) is 0 Å². The summed E-state index contributed by atoms with van der Waals surface area (Å²) in [5.74, 6) is 0. The summed E-state index contributed by atoms with van der Waals surface area (Å²) in [4.78, 5) is 2.92. The summed E-state index contributed by atoms with van der Waals surface area (Å²) in [6, 6.07) is 3.82. The fourth-order valence-electron chi connectivity index (χ4n) is 1.99. The molecule has 0 heterocycles. The zero-order valence-electron chi connectivity index (χ0n) is 13.2. The topological polar surface area (TPSA) is 84.9 Å². The zero-order valence-corrected chi connectivity index (χ0v) is 13.2. The molecule has 0 atom stereocenters. The summed E-state index contributed by atoms with van der Waals surface area (Å²) in [7, 11) is 0. The molecular weight excluding hydrogens is 264 g/mol. The van der Waals surface area contributed by atoms with Gasteiger partial charge in [0.05, 0.1) is 22.7 Å². The molecule has 1 rings (SSSR count). The summed E-state index contributed by atoms with van der Waals surface area (Å²) in [6.45, 7) is 9.00. The van der Waals surface area contributed by atoms with Gasteiger partial charge in [-0.3, -0.25) is 0 Å². The van der Waals surface area contributed by atoms with Crippen molar-refractivity contribution in [1.29, 1.82) is 0 Å². The van der Waals surface area contributed by atoms with Gasteiger partial charge < -0.3 is 16.0 Å². The van der Waals surface area contributed by atoms with Crippen molar-refractivity contribution in [1.82, 2.24) is 0 Å². The van der Waals surface area contributed by atoms with Crippen molar-refractivity contribution >= 4 is 22.7 Å². The third-order valence-electron chi connectivity index (χ3n) is 3.00. The number of hydrogen-bond donors (Lipinski definition) is 3. The second-order valence-corrected chi connectivity index (χ2v) is 4.85. The molecule has 0 aliphatic heterocycles. The van der Waals surface area contributed by atoms with Gasteiger partial charge in [-0.1, -0.05) is 25.9 Å². The Hall–Kier alpha value is -2.07. The Balaban J connectivity index is 3.21. The first kappa shape index (κ1) is 17.0. The van der Waals surface area contributed by atoms with Gasteiger partial charge in [-0.05, 0) is 36.9 Å². The van der Waals surface area contributed by atoms with E-state index in [0.717, 1.165) is 56.0 Å². The molecule has 0 amide bonds. The van der Waals surface area contributed by atoms with Gasteiger partial charge in [0.2, 0.25) is 0 Å². The van der Waals surface area contributed by atoms with E-state index in [4.69, 9.17) is 5.53 Å². The van der Waals surface area contributed by atoms with Crippen LogP contribution in [-0.4, -0.2) is 19.6 Å². The summed E-state index contributed by atoms with van der Waals surface area (Å²) in [6.07, 6.45) is 3.10. The molecular formula is C15H26N6. The van der Waals surface area contributed by atoms with Crippen molar-refractivity contribution < 1.29 is 0 Å². The Morgan fingerprint density at radius 2 is 1.48 bits per heavy atom. The van der Waals surface area contributed by atoms with Crippen molar-refractivity contribution in [2.45, 2.75) is 40.0 Å². The molecule has 0 unspecified atom stereocenters.